The molecule has 0 aliphatic rings. The molecule has 0 aliphatic heterocycles. The minimum atomic E-state index is -1.29. The molecule has 1 N–H and O–H groups in total. The number of hydrogen-bond acceptors (Lipinski definition) is 3. The van der Waals surface area contributed by atoms with Gasteiger partial charge in [-0.15, -0.1) is 0 Å². The number of hydrogen-bond donors (Lipinski definition) is 1. The van der Waals surface area contributed by atoms with Crippen LogP contribution in [-0.4, -0.2) is 22.6 Å². The number of carbonyl (C=O) groups excluding carboxylic acids is 1. The number of nitrogens with zero attached hydrogens (tertiary/aromatic N) is 1. The van der Waals surface area contributed by atoms with E-state index in [0.717, 1.165) is 11.1 Å². The Bertz CT molecular complexity index is 917. The molecule has 1 unspecified atom stereocenters. The van der Waals surface area contributed by atoms with Crippen molar-refractivity contribution in [1.29, 1.82) is 0 Å². The first-order valence-corrected chi connectivity index (χ1v) is 9.54. The summed E-state index contributed by atoms with van der Waals surface area (Å²) in [6.07, 6.45) is -1.90. The molecule has 6 heteroatoms. The van der Waals surface area contributed by atoms with Gasteiger partial charge in [-0.3, -0.25) is 0 Å². The van der Waals surface area contributed by atoms with Crippen molar-refractivity contribution in [3.8, 4) is 0 Å². The molecule has 1 atom stereocenters. The lowest BCUT2D eigenvalue weighted by molar-refractivity contribution is 0.0647. The summed E-state index contributed by atoms with van der Waals surface area (Å²) in [4.78, 5) is 14.1. The Morgan fingerprint density at radius 3 is 2.21 bits per heavy atom. The molecule has 4 nitrogen and oxygen atoms in total. The van der Waals surface area contributed by atoms with Crippen molar-refractivity contribution < 1.29 is 19.0 Å². The second kappa shape index (κ2) is 10.0. The molecule has 0 radical (unpaired) electrons. The van der Waals surface area contributed by atoms with Gasteiger partial charge in [-0.25, -0.2) is 9.18 Å². The van der Waals surface area contributed by atoms with E-state index in [1.54, 1.807) is 0 Å². The van der Waals surface area contributed by atoms with E-state index in [9.17, 15) is 14.3 Å². The topological polar surface area (TPSA) is 49.8 Å². The number of benzene rings is 3. The Morgan fingerprint density at radius 2 is 1.59 bits per heavy atom. The average molecular weight is 414 g/mol. The van der Waals surface area contributed by atoms with Crippen LogP contribution in [0.3, 0.4) is 0 Å². The van der Waals surface area contributed by atoms with Gasteiger partial charge in [0.15, 0.2) is 0 Å². The van der Waals surface area contributed by atoms with Gasteiger partial charge in [-0.2, -0.15) is 0 Å². The van der Waals surface area contributed by atoms with Crippen molar-refractivity contribution in [2.75, 3.05) is 6.54 Å². The lowest BCUT2D eigenvalue weighted by Gasteiger charge is -2.25. The van der Waals surface area contributed by atoms with E-state index in [4.69, 9.17) is 16.3 Å². The summed E-state index contributed by atoms with van der Waals surface area (Å²) < 4.78 is 19.6. The quantitative estimate of drug-likeness (QED) is 0.568. The normalized spacial score (nSPS) is 11.7. The molecule has 1 amide bonds. The molecule has 29 heavy (non-hydrogen) atoms. The number of carbonyl (C=O) groups is 1. The summed E-state index contributed by atoms with van der Waals surface area (Å²) in [6, 6.07) is 22.8. The zero-order chi connectivity index (χ0) is 20.6. The molecule has 150 valence electrons. The Hall–Kier alpha value is -2.89. The molecule has 3 rings (SSSR count). The van der Waals surface area contributed by atoms with Crippen molar-refractivity contribution in [3.05, 3.63) is 106 Å². The summed E-state index contributed by atoms with van der Waals surface area (Å²) in [5.74, 6) is -0.623. The van der Waals surface area contributed by atoms with E-state index < -0.39 is 18.0 Å². The maximum atomic E-state index is 14.2. The Kier molecular flexibility index (Phi) is 7.22. The number of halogens is 2. The molecule has 0 saturated heterocycles. The molecule has 0 fully saturated rings. The lowest BCUT2D eigenvalue weighted by Crippen LogP contribution is -2.35. The fraction of sp³-hybridized carbons (Fsp3) is 0.174. The monoisotopic (exact) mass is 413 g/mol. The van der Waals surface area contributed by atoms with Crippen molar-refractivity contribution in [2.45, 2.75) is 19.3 Å². The molecule has 0 saturated carbocycles. The second-order valence-corrected chi connectivity index (χ2v) is 6.96. The first kappa shape index (κ1) is 20.8. The predicted molar refractivity (Wildman–Crippen MR) is 110 cm³/mol. The summed E-state index contributed by atoms with van der Waals surface area (Å²) in [7, 11) is 0. The third-order valence-corrected chi connectivity index (χ3v) is 4.74. The van der Waals surface area contributed by atoms with E-state index >= 15 is 0 Å². The highest BCUT2D eigenvalue weighted by Gasteiger charge is 2.24. The zero-order valence-corrected chi connectivity index (χ0v) is 16.4. The molecule has 0 spiro atoms. The summed E-state index contributed by atoms with van der Waals surface area (Å²) in [5, 5.41) is 10.7. The highest BCUT2D eigenvalue weighted by Crippen LogP contribution is 2.27. The van der Waals surface area contributed by atoms with Gasteiger partial charge in [-0.1, -0.05) is 78.3 Å². The SMILES string of the molecule is O=C(OCc1ccccc1)N(Cc1ccccc1)CC(O)c1c(F)cccc1Cl. The van der Waals surface area contributed by atoms with Crippen LogP contribution in [0, 0.1) is 5.82 Å². The van der Waals surface area contributed by atoms with E-state index in [-0.39, 0.29) is 30.3 Å². The van der Waals surface area contributed by atoms with Gasteiger partial charge < -0.3 is 14.7 Å². The van der Waals surface area contributed by atoms with Gasteiger partial charge >= 0.3 is 6.09 Å². The Morgan fingerprint density at radius 1 is 0.966 bits per heavy atom. The van der Waals surface area contributed by atoms with Crippen LogP contribution in [-0.2, 0) is 17.9 Å². The smallest absolute Gasteiger partial charge is 0.410 e. The van der Waals surface area contributed by atoms with Crippen LogP contribution in [0.5, 0.6) is 0 Å². The standard InChI is InChI=1S/C23H21ClFNO3/c24-19-12-7-13-20(25)22(19)21(27)15-26(14-17-8-3-1-4-9-17)23(28)29-16-18-10-5-2-6-11-18/h1-13,21,27H,14-16H2. The van der Waals surface area contributed by atoms with Crippen LogP contribution in [0.25, 0.3) is 0 Å². The van der Waals surface area contributed by atoms with Crippen molar-refractivity contribution in [1.82, 2.24) is 4.90 Å². The second-order valence-electron chi connectivity index (χ2n) is 6.56. The average Bonchev–Trinajstić information content (AvgIpc) is 2.73. The number of rotatable bonds is 7. The van der Waals surface area contributed by atoms with Gasteiger partial charge in [0, 0.05) is 17.1 Å². The lowest BCUT2D eigenvalue weighted by atomic mass is 10.1. The third kappa shape index (κ3) is 5.79. The minimum Gasteiger partial charge on any atom is -0.445 e. The summed E-state index contributed by atoms with van der Waals surface area (Å²) >= 11 is 6.05. The van der Waals surface area contributed by atoms with Gasteiger partial charge in [-0.05, 0) is 23.3 Å². The largest absolute Gasteiger partial charge is 0.445 e. The van der Waals surface area contributed by atoms with E-state index in [1.807, 2.05) is 60.7 Å². The molecule has 0 aromatic heterocycles. The van der Waals surface area contributed by atoms with E-state index in [0.29, 0.717) is 0 Å². The molecule has 3 aromatic rings. The highest BCUT2D eigenvalue weighted by atomic mass is 35.5. The highest BCUT2D eigenvalue weighted by molar-refractivity contribution is 6.31. The summed E-state index contributed by atoms with van der Waals surface area (Å²) in [5.41, 5.74) is 1.66. The van der Waals surface area contributed by atoms with Crippen molar-refractivity contribution in [3.63, 3.8) is 0 Å². The number of aliphatic hydroxyl groups is 1. The Labute approximate surface area is 174 Å². The predicted octanol–water partition coefficient (Wildman–Crippen LogP) is 5.35. The number of amides is 1. The number of ether oxygens (including phenoxy) is 1. The van der Waals surface area contributed by atoms with Gasteiger partial charge in [0.25, 0.3) is 0 Å². The molecule has 3 aromatic carbocycles. The van der Waals surface area contributed by atoms with E-state index in [1.165, 1.54) is 23.1 Å². The van der Waals surface area contributed by atoms with Crippen LogP contribution in [0.1, 0.15) is 22.8 Å². The van der Waals surface area contributed by atoms with Gasteiger partial charge in [0.05, 0.1) is 6.54 Å². The van der Waals surface area contributed by atoms with Gasteiger partial charge in [0.1, 0.15) is 18.5 Å². The van der Waals surface area contributed by atoms with Crippen molar-refractivity contribution in [2.24, 2.45) is 0 Å². The minimum absolute atomic E-state index is 0.0388. The first-order valence-electron chi connectivity index (χ1n) is 9.16. The molecular weight excluding hydrogens is 393 g/mol. The third-order valence-electron chi connectivity index (χ3n) is 4.41. The zero-order valence-electron chi connectivity index (χ0n) is 15.7. The molecular formula is C23H21ClFNO3. The van der Waals surface area contributed by atoms with E-state index in [2.05, 4.69) is 0 Å². The Balaban J connectivity index is 1.76. The molecule has 0 bridgehead atoms. The maximum Gasteiger partial charge on any atom is 0.410 e. The molecule has 0 aliphatic carbocycles. The fourth-order valence-electron chi connectivity index (χ4n) is 2.95. The maximum absolute atomic E-state index is 14.2. The van der Waals surface area contributed by atoms with Crippen LogP contribution in [0.2, 0.25) is 5.02 Å². The molecule has 0 heterocycles. The first-order chi connectivity index (χ1) is 14.0. The van der Waals surface area contributed by atoms with Crippen molar-refractivity contribution >= 4 is 17.7 Å². The van der Waals surface area contributed by atoms with Crippen LogP contribution >= 0.6 is 11.6 Å². The van der Waals surface area contributed by atoms with Crippen LogP contribution in [0.4, 0.5) is 9.18 Å². The number of aliphatic hydroxyl groups excluding tert-OH is 1. The summed E-state index contributed by atoms with van der Waals surface area (Å²) in [6.45, 7) is 0.141. The van der Waals surface area contributed by atoms with Crippen LogP contribution < -0.4 is 0 Å². The fourth-order valence-corrected chi connectivity index (χ4v) is 3.24. The van der Waals surface area contributed by atoms with Crippen LogP contribution in [0.15, 0.2) is 78.9 Å². The van der Waals surface area contributed by atoms with Gasteiger partial charge in [0.2, 0.25) is 0 Å².